The van der Waals surface area contributed by atoms with Gasteiger partial charge in [0.1, 0.15) is 0 Å². The van der Waals surface area contributed by atoms with Crippen molar-refractivity contribution in [1.29, 1.82) is 0 Å². The highest BCUT2D eigenvalue weighted by Crippen LogP contribution is 2.15. The molecular formula is C16H26N2O. The van der Waals surface area contributed by atoms with Crippen LogP contribution in [0.15, 0.2) is 30.3 Å². The first kappa shape index (κ1) is 15.7. The van der Waals surface area contributed by atoms with E-state index < -0.39 is 0 Å². The van der Waals surface area contributed by atoms with E-state index in [4.69, 9.17) is 0 Å². The Bertz CT molecular complexity index is 381. The van der Waals surface area contributed by atoms with Gasteiger partial charge in [0, 0.05) is 18.5 Å². The van der Waals surface area contributed by atoms with Crippen molar-refractivity contribution in [2.75, 3.05) is 6.54 Å². The SMILES string of the molecule is CCC(NC(=O)CCNC(C)(C)C)c1ccccc1. The van der Waals surface area contributed by atoms with Crippen molar-refractivity contribution in [3.8, 4) is 0 Å². The van der Waals surface area contributed by atoms with Gasteiger partial charge in [0.05, 0.1) is 6.04 Å². The van der Waals surface area contributed by atoms with Crippen molar-refractivity contribution in [3.05, 3.63) is 35.9 Å². The highest BCUT2D eigenvalue weighted by atomic mass is 16.1. The Kier molecular flexibility index (Phi) is 6.03. The van der Waals surface area contributed by atoms with Crippen LogP contribution in [0.1, 0.15) is 52.1 Å². The zero-order chi connectivity index (χ0) is 14.3. The van der Waals surface area contributed by atoms with Crippen LogP contribution in [0.2, 0.25) is 0 Å². The van der Waals surface area contributed by atoms with E-state index in [9.17, 15) is 4.79 Å². The van der Waals surface area contributed by atoms with Crippen LogP contribution in [0, 0.1) is 0 Å². The second kappa shape index (κ2) is 7.29. The summed E-state index contributed by atoms with van der Waals surface area (Å²) in [7, 11) is 0. The van der Waals surface area contributed by atoms with Gasteiger partial charge in [-0.15, -0.1) is 0 Å². The number of hydrogen-bond acceptors (Lipinski definition) is 2. The van der Waals surface area contributed by atoms with Crippen molar-refractivity contribution in [2.24, 2.45) is 0 Å². The van der Waals surface area contributed by atoms with Gasteiger partial charge in [-0.25, -0.2) is 0 Å². The summed E-state index contributed by atoms with van der Waals surface area (Å²) in [4.78, 5) is 11.9. The Hall–Kier alpha value is -1.35. The van der Waals surface area contributed by atoms with Gasteiger partial charge in [-0.05, 0) is 32.8 Å². The quantitative estimate of drug-likeness (QED) is 0.827. The van der Waals surface area contributed by atoms with Gasteiger partial charge in [0.15, 0.2) is 0 Å². The fourth-order valence-electron chi connectivity index (χ4n) is 1.92. The molecule has 1 rings (SSSR count). The van der Waals surface area contributed by atoms with Gasteiger partial charge < -0.3 is 10.6 Å². The third kappa shape index (κ3) is 6.39. The fraction of sp³-hybridized carbons (Fsp3) is 0.562. The molecule has 0 fully saturated rings. The van der Waals surface area contributed by atoms with Crippen LogP contribution in [0.3, 0.4) is 0 Å². The van der Waals surface area contributed by atoms with Crippen molar-refractivity contribution >= 4 is 5.91 Å². The van der Waals surface area contributed by atoms with E-state index in [0.29, 0.717) is 13.0 Å². The minimum Gasteiger partial charge on any atom is -0.349 e. The molecule has 0 aromatic heterocycles. The largest absolute Gasteiger partial charge is 0.349 e. The second-order valence-corrected chi connectivity index (χ2v) is 5.87. The van der Waals surface area contributed by atoms with Crippen LogP contribution in [-0.2, 0) is 4.79 Å². The highest BCUT2D eigenvalue weighted by Gasteiger charge is 2.13. The van der Waals surface area contributed by atoms with E-state index in [1.54, 1.807) is 0 Å². The van der Waals surface area contributed by atoms with E-state index in [0.717, 1.165) is 6.42 Å². The van der Waals surface area contributed by atoms with Crippen molar-refractivity contribution < 1.29 is 4.79 Å². The molecule has 0 heterocycles. The summed E-state index contributed by atoms with van der Waals surface area (Å²) in [6.07, 6.45) is 1.42. The van der Waals surface area contributed by atoms with Crippen LogP contribution in [-0.4, -0.2) is 18.0 Å². The molecule has 0 bridgehead atoms. The van der Waals surface area contributed by atoms with Gasteiger partial charge in [-0.3, -0.25) is 4.79 Å². The number of nitrogens with one attached hydrogen (secondary N) is 2. The van der Waals surface area contributed by atoms with Gasteiger partial charge in [-0.2, -0.15) is 0 Å². The van der Waals surface area contributed by atoms with Gasteiger partial charge in [0.2, 0.25) is 5.91 Å². The van der Waals surface area contributed by atoms with Crippen LogP contribution in [0.5, 0.6) is 0 Å². The molecule has 3 heteroatoms. The van der Waals surface area contributed by atoms with Gasteiger partial charge in [-0.1, -0.05) is 37.3 Å². The molecule has 3 nitrogen and oxygen atoms in total. The predicted molar refractivity (Wildman–Crippen MR) is 80.0 cm³/mol. The zero-order valence-corrected chi connectivity index (χ0v) is 12.5. The van der Waals surface area contributed by atoms with Crippen molar-refractivity contribution in [2.45, 2.75) is 52.1 Å². The summed E-state index contributed by atoms with van der Waals surface area (Å²) in [6, 6.07) is 10.2. The van der Waals surface area contributed by atoms with Crippen LogP contribution >= 0.6 is 0 Å². The minimum atomic E-state index is 0.0594. The Morgan fingerprint density at radius 1 is 1.21 bits per heavy atom. The lowest BCUT2D eigenvalue weighted by Crippen LogP contribution is -2.39. The molecule has 0 saturated heterocycles. The molecule has 1 unspecified atom stereocenters. The molecule has 106 valence electrons. The average molecular weight is 262 g/mol. The highest BCUT2D eigenvalue weighted by molar-refractivity contribution is 5.76. The number of rotatable bonds is 6. The van der Waals surface area contributed by atoms with Crippen LogP contribution < -0.4 is 10.6 Å². The molecule has 1 amide bonds. The average Bonchev–Trinajstić information content (AvgIpc) is 2.35. The topological polar surface area (TPSA) is 41.1 Å². The van der Waals surface area contributed by atoms with Crippen molar-refractivity contribution in [3.63, 3.8) is 0 Å². The molecule has 0 aliphatic rings. The molecule has 1 aromatic carbocycles. The number of benzene rings is 1. The number of hydrogen-bond donors (Lipinski definition) is 2. The monoisotopic (exact) mass is 262 g/mol. The van der Waals surface area contributed by atoms with E-state index >= 15 is 0 Å². The predicted octanol–water partition coefficient (Wildman–Crippen LogP) is 3.03. The third-order valence-electron chi connectivity index (χ3n) is 2.95. The third-order valence-corrected chi connectivity index (χ3v) is 2.95. The molecule has 2 N–H and O–H groups in total. The maximum atomic E-state index is 11.9. The van der Waals surface area contributed by atoms with E-state index in [1.165, 1.54) is 5.56 Å². The summed E-state index contributed by atoms with van der Waals surface area (Å²) in [5.74, 6) is 0.104. The molecule has 0 aliphatic heterocycles. The van der Waals surface area contributed by atoms with Crippen LogP contribution in [0.25, 0.3) is 0 Å². The molecule has 0 radical (unpaired) electrons. The second-order valence-electron chi connectivity index (χ2n) is 5.87. The van der Waals surface area contributed by atoms with Crippen molar-refractivity contribution in [1.82, 2.24) is 10.6 Å². The summed E-state index contributed by atoms with van der Waals surface area (Å²) in [5, 5.41) is 6.41. The van der Waals surface area contributed by atoms with Gasteiger partial charge >= 0.3 is 0 Å². The molecular weight excluding hydrogens is 236 g/mol. The lowest BCUT2D eigenvalue weighted by atomic mass is 10.0. The zero-order valence-electron chi connectivity index (χ0n) is 12.5. The molecule has 1 aromatic rings. The van der Waals surface area contributed by atoms with Crippen LogP contribution in [0.4, 0.5) is 0 Å². The summed E-state index contributed by atoms with van der Waals surface area (Å²) in [5.41, 5.74) is 1.23. The smallest absolute Gasteiger partial charge is 0.221 e. The van der Waals surface area contributed by atoms with E-state index in [2.05, 4.69) is 50.5 Å². The fourth-order valence-corrected chi connectivity index (χ4v) is 1.92. The molecule has 0 saturated carbocycles. The first-order chi connectivity index (χ1) is 8.92. The molecule has 1 atom stereocenters. The maximum Gasteiger partial charge on any atom is 0.221 e. The summed E-state index contributed by atoms with van der Waals surface area (Å²) >= 11 is 0. The Balaban J connectivity index is 2.42. The first-order valence-corrected chi connectivity index (χ1v) is 7.01. The lowest BCUT2D eigenvalue weighted by Gasteiger charge is -2.21. The Morgan fingerprint density at radius 2 is 1.84 bits per heavy atom. The number of carbonyl (C=O) groups is 1. The molecule has 0 aliphatic carbocycles. The normalized spacial score (nSPS) is 13.1. The van der Waals surface area contributed by atoms with E-state index in [1.807, 2.05) is 18.2 Å². The molecule has 19 heavy (non-hydrogen) atoms. The standard InChI is InChI=1S/C16H26N2O/c1-5-14(13-9-7-6-8-10-13)18-15(19)11-12-17-16(2,3)4/h6-10,14,17H,5,11-12H2,1-4H3,(H,18,19). The number of amides is 1. The minimum absolute atomic E-state index is 0.0594. The Morgan fingerprint density at radius 3 is 2.37 bits per heavy atom. The summed E-state index contributed by atoms with van der Waals surface area (Å²) < 4.78 is 0. The maximum absolute atomic E-state index is 11.9. The molecule has 0 spiro atoms. The summed E-state index contributed by atoms with van der Waals surface area (Å²) in [6.45, 7) is 9.10. The van der Waals surface area contributed by atoms with Gasteiger partial charge in [0.25, 0.3) is 0 Å². The van der Waals surface area contributed by atoms with E-state index in [-0.39, 0.29) is 17.5 Å². The Labute approximate surface area is 116 Å². The first-order valence-electron chi connectivity index (χ1n) is 7.01. The number of carbonyl (C=O) groups excluding carboxylic acids is 1. The lowest BCUT2D eigenvalue weighted by molar-refractivity contribution is -0.121.